The second-order valence-electron chi connectivity index (χ2n) is 6.79. The first-order valence-corrected chi connectivity index (χ1v) is 10.0. The van der Waals surface area contributed by atoms with Gasteiger partial charge >= 0.3 is 5.97 Å². The van der Waals surface area contributed by atoms with E-state index in [-0.39, 0.29) is 24.7 Å². The van der Waals surface area contributed by atoms with Crippen LogP contribution in [0.3, 0.4) is 0 Å². The number of fused-ring (bicyclic) bond motifs is 1. The standard InChI is InChI=1S/C24H21N3O5/c1-3-31-23(28)15-32-21-7-5-4-6-18(21)24(29)19-12-13-27-22(25-19)14-20(26-27)16-8-10-17(30-2)11-9-16/h4-14H,3,15H2,1-2H3. The molecule has 0 aliphatic heterocycles. The molecule has 4 aromatic rings. The Hall–Kier alpha value is -4.20. The highest BCUT2D eigenvalue weighted by molar-refractivity contribution is 6.09. The lowest BCUT2D eigenvalue weighted by Crippen LogP contribution is -2.16. The number of carbonyl (C=O) groups is 2. The number of methoxy groups -OCH3 is 1. The Kier molecular flexibility index (Phi) is 6.12. The highest BCUT2D eigenvalue weighted by Gasteiger charge is 2.18. The highest BCUT2D eigenvalue weighted by Crippen LogP contribution is 2.24. The maximum absolute atomic E-state index is 13.1. The normalized spacial score (nSPS) is 10.7. The van der Waals surface area contributed by atoms with Gasteiger partial charge in [0.15, 0.2) is 12.3 Å². The smallest absolute Gasteiger partial charge is 0.344 e. The third-order valence-electron chi connectivity index (χ3n) is 4.73. The average Bonchev–Trinajstić information content (AvgIpc) is 3.26. The minimum atomic E-state index is -0.500. The van der Waals surface area contributed by atoms with Gasteiger partial charge in [-0.25, -0.2) is 14.3 Å². The number of aromatic nitrogens is 3. The molecule has 2 aromatic carbocycles. The van der Waals surface area contributed by atoms with Gasteiger partial charge in [0.1, 0.15) is 17.2 Å². The molecule has 0 saturated carbocycles. The molecule has 0 atom stereocenters. The fourth-order valence-corrected chi connectivity index (χ4v) is 3.17. The maximum atomic E-state index is 13.1. The molecule has 0 radical (unpaired) electrons. The number of para-hydroxylation sites is 1. The Labute approximate surface area is 184 Å². The van der Waals surface area contributed by atoms with Crippen molar-refractivity contribution in [3.8, 4) is 22.8 Å². The van der Waals surface area contributed by atoms with Crippen molar-refractivity contribution in [2.24, 2.45) is 0 Å². The molecule has 0 unspecified atom stereocenters. The van der Waals surface area contributed by atoms with Gasteiger partial charge in [-0.3, -0.25) is 4.79 Å². The molecule has 8 heteroatoms. The SMILES string of the molecule is CCOC(=O)COc1ccccc1C(=O)c1ccn2nc(-c3ccc(OC)cc3)cc2n1. The average molecular weight is 431 g/mol. The van der Waals surface area contributed by atoms with Crippen LogP contribution in [0.2, 0.25) is 0 Å². The molecule has 8 nitrogen and oxygen atoms in total. The molecule has 0 aliphatic rings. The molecule has 162 valence electrons. The lowest BCUT2D eigenvalue weighted by atomic mass is 10.1. The van der Waals surface area contributed by atoms with E-state index in [9.17, 15) is 9.59 Å². The van der Waals surface area contributed by atoms with Gasteiger partial charge < -0.3 is 14.2 Å². The molecule has 0 N–H and O–H groups in total. The van der Waals surface area contributed by atoms with E-state index < -0.39 is 5.97 Å². The fourth-order valence-electron chi connectivity index (χ4n) is 3.17. The van der Waals surface area contributed by atoms with Gasteiger partial charge in [0.2, 0.25) is 5.78 Å². The summed E-state index contributed by atoms with van der Waals surface area (Å²) in [7, 11) is 1.61. The molecule has 0 saturated heterocycles. The first-order valence-electron chi connectivity index (χ1n) is 10.0. The number of carbonyl (C=O) groups excluding carboxylic acids is 2. The third kappa shape index (κ3) is 4.44. The van der Waals surface area contributed by atoms with Crippen LogP contribution in [0.15, 0.2) is 66.9 Å². The minimum Gasteiger partial charge on any atom is -0.497 e. The number of ketones is 1. The lowest BCUT2D eigenvalue weighted by Gasteiger charge is -2.10. The Morgan fingerprint density at radius 3 is 2.56 bits per heavy atom. The quantitative estimate of drug-likeness (QED) is 0.311. The molecular weight excluding hydrogens is 410 g/mol. The lowest BCUT2D eigenvalue weighted by molar-refractivity contribution is -0.145. The van der Waals surface area contributed by atoms with Crippen molar-refractivity contribution in [1.82, 2.24) is 14.6 Å². The second kappa shape index (κ2) is 9.30. The van der Waals surface area contributed by atoms with Crippen molar-refractivity contribution in [2.45, 2.75) is 6.92 Å². The zero-order chi connectivity index (χ0) is 22.5. The molecule has 32 heavy (non-hydrogen) atoms. The van der Waals surface area contributed by atoms with E-state index >= 15 is 0 Å². The summed E-state index contributed by atoms with van der Waals surface area (Å²) in [6.45, 7) is 1.70. The van der Waals surface area contributed by atoms with Gasteiger partial charge in [-0.2, -0.15) is 5.10 Å². The van der Waals surface area contributed by atoms with E-state index in [4.69, 9.17) is 14.2 Å². The zero-order valence-corrected chi connectivity index (χ0v) is 17.6. The fraction of sp³-hybridized carbons (Fsp3) is 0.167. The van der Waals surface area contributed by atoms with Crippen LogP contribution in [0, 0.1) is 0 Å². The Bertz CT molecular complexity index is 1260. The largest absolute Gasteiger partial charge is 0.497 e. The van der Waals surface area contributed by atoms with Crippen molar-refractivity contribution in [3.05, 3.63) is 78.1 Å². The Balaban J connectivity index is 1.60. The molecule has 0 amide bonds. The van der Waals surface area contributed by atoms with E-state index in [1.165, 1.54) is 0 Å². The number of ether oxygens (including phenoxy) is 3. The highest BCUT2D eigenvalue weighted by atomic mass is 16.6. The summed E-state index contributed by atoms with van der Waals surface area (Å²) in [6, 6.07) is 17.6. The van der Waals surface area contributed by atoms with Gasteiger partial charge in [-0.15, -0.1) is 0 Å². The van der Waals surface area contributed by atoms with Gasteiger partial charge in [-0.05, 0) is 49.4 Å². The molecule has 4 rings (SSSR count). The van der Waals surface area contributed by atoms with E-state index in [0.717, 1.165) is 17.0 Å². The van der Waals surface area contributed by atoms with Gasteiger partial charge in [-0.1, -0.05) is 12.1 Å². The Morgan fingerprint density at radius 2 is 1.81 bits per heavy atom. The van der Waals surface area contributed by atoms with Crippen LogP contribution in [0.5, 0.6) is 11.5 Å². The van der Waals surface area contributed by atoms with Crippen LogP contribution < -0.4 is 9.47 Å². The topological polar surface area (TPSA) is 92.0 Å². The molecule has 0 aliphatic carbocycles. The minimum absolute atomic E-state index is 0.242. The van der Waals surface area contributed by atoms with Crippen molar-refractivity contribution in [1.29, 1.82) is 0 Å². The van der Waals surface area contributed by atoms with Crippen molar-refractivity contribution < 1.29 is 23.8 Å². The molecule has 0 bridgehead atoms. The van der Waals surface area contributed by atoms with Crippen LogP contribution in [0.1, 0.15) is 23.0 Å². The van der Waals surface area contributed by atoms with Crippen molar-refractivity contribution >= 4 is 17.4 Å². The van der Waals surface area contributed by atoms with Gasteiger partial charge in [0, 0.05) is 17.8 Å². The summed E-state index contributed by atoms with van der Waals surface area (Å²) in [5.41, 5.74) is 2.71. The van der Waals surface area contributed by atoms with Crippen LogP contribution >= 0.6 is 0 Å². The summed E-state index contributed by atoms with van der Waals surface area (Å²) in [6.07, 6.45) is 1.69. The van der Waals surface area contributed by atoms with Crippen LogP contribution in [0.25, 0.3) is 16.9 Å². The molecule has 0 fully saturated rings. The number of rotatable bonds is 8. The molecule has 2 aromatic heterocycles. The zero-order valence-electron chi connectivity index (χ0n) is 17.6. The molecule has 2 heterocycles. The monoisotopic (exact) mass is 431 g/mol. The number of hydrogen-bond acceptors (Lipinski definition) is 7. The van der Waals surface area contributed by atoms with Crippen LogP contribution in [-0.2, 0) is 9.53 Å². The van der Waals surface area contributed by atoms with Crippen LogP contribution in [0.4, 0.5) is 0 Å². The number of hydrogen-bond donors (Lipinski definition) is 0. The predicted octanol–water partition coefficient (Wildman–Crippen LogP) is 3.58. The summed E-state index contributed by atoms with van der Waals surface area (Å²) in [4.78, 5) is 29.2. The number of nitrogens with zero attached hydrogens (tertiary/aromatic N) is 3. The molecule has 0 spiro atoms. The maximum Gasteiger partial charge on any atom is 0.344 e. The van der Waals surface area contributed by atoms with Gasteiger partial charge in [0.25, 0.3) is 0 Å². The second-order valence-corrected chi connectivity index (χ2v) is 6.79. The third-order valence-corrected chi connectivity index (χ3v) is 4.73. The first kappa shape index (κ1) is 21.0. The predicted molar refractivity (Wildman–Crippen MR) is 117 cm³/mol. The summed E-state index contributed by atoms with van der Waals surface area (Å²) in [5.74, 6) is 0.228. The van der Waals surface area contributed by atoms with E-state index in [1.54, 1.807) is 55.1 Å². The summed E-state index contributed by atoms with van der Waals surface area (Å²) >= 11 is 0. The molecular formula is C24H21N3O5. The summed E-state index contributed by atoms with van der Waals surface area (Å²) < 4.78 is 17.2. The van der Waals surface area contributed by atoms with Crippen LogP contribution in [-0.4, -0.2) is 46.7 Å². The van der Waals surface area contributed by atoms with E-state index in [2.05, 4.69) is 10.1 Å². The number of benzene rings is 2. The summed E-state index contributed by atoms with van der Waals surface area (Å²) in [5, 5.41) is 4.52. The van der Waals surface area contributed by atoms with Crippen molar-refractivity contribution in [3.63, 3.8) is 0 Å². The number of esters is 1. The van der Waals surface area contributed by atoms with Gasteiger partial charge in [0.05, 0.1) is 25.0 Å². The first-order chi connectivity index (χ1) is 15.6. The van der Waals surface area contributed by atoms with Crippen molar-refractivity contribution in [2.75, 3.05) is 20.3 Å². The van der Waals surface area contributed by atoms with E-state index in [1.807, 2.05) is 30.3 Å². The van der Waals surface area contributed by atoms with E-state index in [0.29, 0.717) is 17.0 Å². The Morgan fingerprint density at radius 1 is 1.03 bits per heavy atom.